The molecule has 4 heterocycles. The number of nitrogens with zero attached hydrogens (tertiary/aromatic N) is 5. The van der Waals surface area contributed by atoms with Crippen molar-refractivity contribution in [3.05, 3.63) is 48.1 Å². The number of piperidine rings is 1. The van der Waals surface area contributed by atoms with Crippen molar-refractivity contribution in [2.45, 2.75) is 26.4 Å². The monoisotopic (exact) mass is 381 g/mol. The Kier molecular flexibility index (Phi) is 5.21. The summed E-state index contributed by atoms with van der Waals surface area (Å²) < 4.78 is 12.3. The summed E-state index contributed by atoms with van der Waals surface area (Å²) in [6.45, 7) is 3.94. The first kappa shape index (κ1) is 18.4. The summed E-state index contributed by atoms with van der Waals surface area (Å²) in [6.07, 6.45) is 7.00. The van der Waals surface area contributed by atoms with E-state index in [1.807, 2.05) is 11.0 Å². The Labute approximate surface area is 163 Å². The van der Waals surface area contributed by atoms with Gasteiger partial charge in [-0.05, 0) is 37.0 Å². The van der Waals surface area contributed by atoms with E-state index in [1.54, 1.807) is 42.6 Å². The Bertz CT molecular complexity index is 951. The number of carbonyl (C=O) groups is 1. The fourth-order valence-electron chi connectivity index (χ4n) is 3.56. The molecule has 1 fully saturated rings. The fourth-order valence-corrected chi connectivity index (χ4v) is 3.56. The van der Waals surface area contributed by atoms with E-state index in [1.165, 1.54) is 0 Å². The van der Waals surface area contributed by atoms with E-state index >= 15 is 0 Å². The van der Waals surface area contributed by atoms with Crippen molar-refractivity contribution in [3.8, 4) is 17.4 Å². The molecule has 0 N–H and O–H groups in total. The zero-order valence-electron chi connectivity index (χ0n) is 16.0. The van der Waals surface area contributed by atoms with Crippen molar-refractivity contribution in [1.29, 1.82) is 0 Å². The third-order valence-electron chi connectivity index (χ3n) is 4.93. The second kappa shape index (κ2) is 7.93. The van der Waals surface area contributed by atoms with Gasteiger partial charge in [0.25, 0.3) is 11.9 Å². The van der Waals surface area contributed by atoms with E-state index < -0.39 is 0 Å². The van der Waals surface area contributed by atoms with E-state index in [-0.39, 0.29) is 12.5 Å². The predicted molar refractivity (Wildman–Crippen MR) is 102 cm³/mol. The van der Waals surface area contributed by atoms with Crippen LogP contribution in [0.25, 0.3) is 17.4 Å². The molecule has 0 saturated carbocycles. The third kappa shape index (κ3) is 3.55. The van der Waals surface area contributed by atoms with Crippen LogP contribution < -0.4 is 0 Å². The van der Waals surface area contributed by atoms with E-state index in [0.717, 1.165) is 25.9 Å². The highest BCUT2D eigenvalue weighted by Crippen LogP contribution is 2.22. The predicted octanol–water partition coefficient (Wildman–Crippen LogP) is 2.94. The van der Waals surface area contributed by atoms with Crippen LogP contribution in [0.3, 0.4) is 0 Å². The van der Waals surface area contributed by atoms with Crippen LogP contribution in [0.4, 0.5) is 0 Å². The Morgan fingerprint density at radius 1 is 1.39 bits per heavy atom. The number of furan rings is 1. The second-order valence-electron chi connectivity index (χ2n) is 7.07. The minimum absolute atomic E-state index is 0.0213. The van der Waals surface area contributed by atoms with E-state index in [9.17, 15) is 4.79 Å². The molecule has 1 aliphatic rings. The molecular weight excluding hydrogens is 358 g/mol. The van der Waals surface area contributed by atoms with Gasteiger partial charge in [0, 0.05) is 26.4 Å². The molecule has 3 aromatic rings. The molecule has 0 aliphatic carbocycles. The first-order chi connectivity index (χ1) is 13.7. The zero-order chi connectivity index (χ0) is 19.5. The molecule has 0 bridgehead atoms. The van der Waals surface area contributed by atoms with Gasteiger partial charge in [0.15, 0.2) is 5.76 Å². The lowest BCUT2D eigenvalue weighted by molar-refractivity contribution is 0.0678. The average Bonchev–Trinajstić information content (AvgIpc) is 3.38. The summed E-state index contributed by atoms with van der Waals surface area (Å²) in [5.41, 5.74) is 1.82. The topological polar surface area (TPSA) is 86.3 Å². The van der Waals surface area contributed by atoms with Gasteiger partial charge in [0.2, 0.25) is 0 Å². The number of likely N-dealkylation sites (tertiary alicyclic amines) is 1. The lowest BCUT2D eigenvalue weighted by atomic mass is 9.99. The molecular formula is C20H23N5O3. The molecule has 28 heavy (non-hydrogen) atoms. The molecule has 8 heteroatoms. The molecule has 1 saturated heterocycles. The minimum Gasteiger partial charge on any atom is -0.463 e. The first-order valence-corrected chi connectivity index (χ1v) is 9.39. The Balaban J connectivity index is 1.69. The van der Waals surface area contributed by atoms with Gasteiger partial charge in [0.05, 0.1) is 30.3 Å². The molecule has 1 aliphatic heterocycles. The van der Waals surface area contributed by atoms with Gasteiger partial charge in [-0.25, -0.2) is 9.97 Å². The van der Waals surface area contributed by atoms with E-state index in [4.69, 9.17) is 9.15 Å². The number of rotatable bonds is 5. The summed E-state index contributed by atoms with van der Waals surface area (Å²) in [6, 6.07) is 5.40. The SMILES string of the molecule is COCc1c(C(=O)N2CCCC(C)C2)cnn1-c1nccc(-c2ccco2)n1. The standard InChI is InChI=1S/C20H23N5O3/c1-14-5-3-9-24(12-14)19(26)15-11-22-25(17(15)13-27-2)20-21-8-7-16(23-20)18-6-4-10-28-18/h4,6-8,10-11,14H,3,5,9,12-13H2,1-2H3. The highest BCUT2D eigenvalue weighted by Gasteiger charge is 2.27. The van der Waals surface area contributed by atoms with Crippen molar-refractivity contribution in [2.75, 3.05) is 20.2 Å². The van der Waals surface area contributed by atoms with Crippen LogP contribution in [-0.4, -0.2) is 50.8 Å². The number of aromatic nitrogens is 4. The van der Waals surface area contributed by atoms with Gasteiger partial charge < -0.3 is 14.1 Å². The van der Waals surface area contributed by atoms with Gasteiger partial charge in [-0.3, -0.25) is 4.79 Å². The summed E-state index contributed by atoms with van der Waals surface area (Å²) in [5.74, 6) is 1.49. The maximum atomic E-state index is 13.1. The molecule has 4 rings (SSSR count). The first-order valence-electron chi connectivity index (χ1n) is 9.39. The van der Waals surface area contributed by atoms with Crippen molar-refractivity contribution in [2.24, 2.45) is 5.92 Å². The van der Waals surface area contributed by atoms with Crippen LogP contribution in [0.15, 0.2) is 41.3 Å². The summed E-state index contributed by atoms with van der Waals surface area (Å²) in [7, 11) is 1.59. The number of hydrogen-bond donors (Lipinski definition) is 0. The van der Waals surface area contributed by atoms with Crippen LogP contribution in [0.1, 0.15) is 35.8 Å². The second-order valence-corrected chi connectivity index (χ2v) is 7.07. The van der Waals surface area contributed by atoms with Gasteiger partial charge in [0.1, 0.15) is 5.69 Å². The van der Waals surface area contributed by atoms with Gasteiger partial charge in [-0.2, -0.15) is 9.78 Å². The van der Waals surface area contributed by atoms with Crippen molar-refractivity contribution >= 4 is 5.91 Å². The van der Waals surface area contributed by atoms with E-state index in [0.29, 0.717) is 34.6 Å². The van der Waals surface area contributed by atoms with Gasteiger partial charge in [-0.1, -0.05) is 6.92 Å². The van der Waals surface area contributed by atoms with Crippen molar-refractivity contribution in [3.63, 3.8) is 0 Å². The minimum atomic E-state index is -0.0213. The number of methoxy groups -OCH3 is 1. The van der Waals surface area contributed by atoms with Gasteiger partial charge in [-0.15, -0.1) is 0 Å². The molecule has 1 atom stereocenters. The average molecular weight is 381 g/mol. The van der Waals surface area contributed by atoms with Crippen LogP contribution >= 0.6 is 0 Å². The van der Waals surface area contributed by atoms with Crippen LogP contribution in [0, 0.1) is 5.92 Å². The number of amides is 1. The Morgan fingerprint density at radius 3 is 3.04 bits per heavy atom. The van der Waals surface area contributed by atoms with E-state index in [2.05, 4.69) is 22.0 Å². The largest absolute Gasteiger partial charge is 0.463 e. The normalized spacial score (nSPS) is 17.1. The molecule has 1 amide bonds. The quantitative estimate of drug-likeness (QED) is 0.675. The number of hydrogen-bond acceptors (Lipinski definition) is 6. The fraction of sp³-hybridized carbons (Fsp3) is 0.400. The summed E-state index contributed by atoms with van der Waals surface area (Å²) in [5, 5.41) is 4.40. The van der Waals surface area contributed by atoms with Crippen molar-refractivity contribution < 1.29 is 13.9 Å². The molecule has 0 aromatic carbocycles. The van der Waals surface area contributed by atoms with Crippen LogP contribution in [0.5, 0.6) is 0 Å². The van der Waals surface area contributed by atoms with Crippen LogP contribution in [-0.2, 0) is 11.3 Å². The lowest BCUT2D eigenvalue weighted by Crippen LogP contribution is -2.39. The maximum Gasteiger partial charge on any atom is 0.257 e. The Hall–Kier alpha value is -3.00. The zero-order valence-corrected chi connectivity index (χ0v) is 16.0. The highest BCUT2D eigenvalue weighted by atomic mass is 16.5. The summed E-state index contributed by atoms with van der Waals surface area (Å²) >= 11 is 0. The molecule has 146 valence electrons. The maximum absolute atomic E-state index is 13.1. The smallest absolute Gasteiger partial charge is 0.257 e. The van der Waals surface area contributed by atoms with Crippen LogP contribution in [0.2, 0.25) is 0 Å². The lowest BCUT2D eigenvalue weighted by Gasteiger charge is -2.30. The third-order valence-corrected chi connectivity index (χ3v) is 4.93. The highest BCUT2D eigenvalue weighted by molar-refractivity contribution is 5.95. The molecule has 0 radical (unpaired) electrons. The summed E-state index contributed by atoms with van der Waals surface area (Å²) in [4.78, 5) is 23.9. The number of ether oxygens (including phenoxy) is 1. The molecule has 8 nitrogen and oxygen atoms in total. The molecule has 3 aromatic heterocycles. The van der Waals surface area contributed by atoms with Crippen molar-refractivity contribution in [1.82, 2.24) is 24.6 Å². The Morgan fingerprint density at radius 2 is 2.29 bits per heavy atom. The molecule has 1 unspecified atom stereocenters. The molecule has 0 spiro atoms. The number of carbonyl (C=O) groups excluding carboxylic acids is 1. The van der Waals surface area contributed by atoms with Gasteiger partial charge >= 0.3 is 0 Å².